The maximum absolute atomic E-state index is 12.8. The minimum atomic E-state index is 0. The smallest absolute Gasteiger partial charge is 0.253 e. The van der Waals surface area contributed by atoms with Crippen molar-refractivity contribution < 1.29 is 14.3 Å². The zero-order valence-electron chi connectivity index (χ0n) is 15.5. The summed E-state index contributed by atoms with van der Waals surface area (Å²) in [6, 6.07) is 5.48. The van der Waals surface area contributed by atoms with Gasteiger partial charge in [0.1, 0.15) is 0 Å². The molecular formula is C19H31ClN2O3. The molecule has 142 valence electrons. The van der Waals surface area contributed by atoms with Crippen molar-refractivity contribution in [2.45, 2.75) is 33.1 Å². The van der Waals surface area contributed by atoms with E-state index < -0.39 is 0 Å². The third kappa shape index (κ3) is 6.08. The summed E-state index contributed by atoms with van der Waals surface area (Å²) in [5, 5.41) is 3.20. The highest BCUT2D eigenvalue weighted by atomic mass is 35.5. The monoisotopic (exact) mass is 370 g/mol. The van der Waals surface area contributed by atoms with Gasteiger partial charge in [-0.25, -0.2) is 0 Å². The van der Waals surface area contributed by atoms with Gasteiger partial charge >= 0.3 is 0 Å². The summed E-state index contributed by atoms with van der Waals surface area (Å²) in [5.74, 6) is 2.16. The molecular weight excluding hydrogens is 340 g/mol. The molecule has 1 aliphatic heterocycles. The van der Waals surface area contributed by atoms with Crippen molar-refractivity contribution in [1.29, 1.82) is 0 Å². The largest absolute Gasteiger partial charge is 0.490 e. The van der Waals surface area contributed by atoms with Crippen LogP contribution in [0.5, 0.6) is 11.5 Å². The molecule has 25 heavy (non-hydrogen) atoms. The van der Waals surface area contributed by atoms with Crippen molar-refractivity contribution in [3.05, 3.63) is 23.8 Å². The standard InChI is InChI=1S/C19H30N2O3.ClH/c1-4-23-17-7-6-16(14-18(17)24-5-2)19(22)21-12-9-15(10-13-21)8-11-20-3;/h6-7,14-15,20H,4-5,8-13H2,1-3H3;1H. The Balaban J connectivity index is 0.00000312. The van der Waals surface area contributed by atoms with Gasteiger partial charge in [-0.05, 0) is 70.8 Å². The van der Waals surface area contributed by atoms with Crippen molar-refractivity contribution in [2.24, 2.45) is 5.92 Å². The van der Waals surface area contributed by atoms with Crippen LogP contribution in [0.1, 0.15) is 43.5 Å². The molecule has 1 saturated heterocycles. The van der Waals surface area contributed by atoms with Crippen LogP contribution in [0, 0.1) is 5.92 Å². The Morgan fingerprint density at radius 1 is 1.16 bits per heavy atom. The zero-order valence-corrected chi connectivity index (χ0v) is 16.4. The summed E-state index contributed by atoms with van der Waals surface area (Å²) >= 11 is 0. The van der Waals surface area contributed by atoms with Crippen molar-refractivity contribution in [2.75, 3.05) is 39.9 Å². The molecule has 0 aliphatic carbocycles. The van der Waals surface area contributed by atoms with E-state index in [2.05, 4.69) is 5.32 Å². The van der Waals surface area contributed by atoms with Gasteiger partial charge in [-0.2, -0.15) is 0 Å². The van der Waals surface area contributed by atoms with Gasteiger partial charge in [0.05, 0.1) is 13.2 Å². The molecule has 0 unspecified atom stereocenters. The summed E-state index contributed by atoms with van der Waals surface area (Å²) in [6.45, 7) is 7.72. The van der Waals surface area contributed by atoms with E-state index in [1.165, 1.54) is 6.42 Å². The average molecular weight is 371 g/mol. The fourth-order valence-electron chi connectivity index (χ4n) is 3.14. The summed E-state index contributed by atoms with van der Waals surface area (Å²) in [6.07, 6.45) is 3.36. The zero-order chi connectivity index (χ0) is 17.4. The van der Waals surface area contributed by atoms with Gasteiger partial charge in [-0.1, -0.05) is 0 Å². The van der Waals surface area contributed by atoms with E-state index in [0.717, 1.165) is 38.4 Å². The third-order valence-electron chi connectivity index (χ3n) is 4.49. The summed E-state index contributed by atoms with van der Waals surface area (Å²) in [7, 11) is 1.99. The molecule has 0 saturated carbocycles. The van der Waals surface area contributed by atoms with Gasteiger partial charge in [0.2, 0.25) is 0 Å². The van der Waals surface area contributed by atoms with Gasteiger partial charge in [0, 0.05) is 18.7 Å². The number of carbonyl (C=O) groups is 1. The number of benzene rings is 1. The van der Waals surface area contributed by atoms with Crippen LogP contribution >= 0.6 is 12.4 Å². The molecule has 0 bridgehead atoms. The lowest BCUT2D eigenvalue weighted by molar-refractivity contribution is 0.0686. The van der Waals surface area contributed by atoms with Gasteiger partial charge in [-0.3, -0.25) is 4.79 Å². The predicted molar refractivity (Wildman–Crippen MR) is 103 cm³/mol. The summed E-state index contributed by atoms with van der Waals surface area (Å²) < 4.78 is 11.2. The Morgan fingerprint density at radius 3 is 2.40 bits per heavy atom. The van der Waals surface area contributed by atoms with E-state index in [0.29, 0.717) is 30.3 Å². The van der Waals surface area contributed by atoms with E-state index >= 15 is 0 Å². The molecule has 1 aromatic rings. The Bertz CT molecular complexity index is 531. The molecule has 0 spiro atoms. The average Bonchev–Trinajstić information content (AvgIpc) is 2.61. The maximum atomic E-state index is 12.8. The second kappa shape index (κ2) is 11.2. The van der Waals surface area contributed by atoms with Gasteiger partial charge in [-0.15, -0.1) is 12.4 Å². The topological polar surface area (TPSA) is 50.8 Å². The maximum Gasteiger partial charge on any atom is 0.253 e. The van der Waals surface area contributed by atoms with E-state index in [1.54, 1.807) is 0 Å². The number of rotatable bonds is 8. The first-order valence-electron chi connectivity index (χ1n) is 9.03. The van der Waals surface area contributed by atoms with Crippen LogP contribution in [0.15, 0.2) is 18.2 Å². The molecule has 2 rings (SSSR count). The van der Waals surface area contributed by atoms with Crippen LogP contribution in [0.4, 0.5) is 0 Å². The van der Waals surface area contributed by atoms with Crippen molar-refractivity contribution in [3.63, 3.8) is 0 Å². The highest BCUT2D eigenvalue weighted by molar-refractivity contribution is 5.95. The molecule has 1 N–H and O–H groups in total. The number of nitrogens with one attached hydrogen (secondary N) is 1. The first-order chi connectivity index (χ1) is 11.7. The highest BCUT2D eigenvalue weighted by Gasteiger charge is 2.24. The predicted octanol–water partition coefficient (Wildman–Crippen LogP) is 3.37. The summed E-state index contributed by atoms with van der Waals surface area (Å²) in [5.41, 5.74) is 0.676. The number of piperidine rings is 1. The molecule has 0 aromatic heterocycles. The van der Waals surface area contributed by atoms with Gasteiger partial charge in [0.15, 0.2) is 11.5 Å². The number of ether oxygens (including phenoxy) is 2. The number of amides is 1. The second-order valence-corrected chi connectivity index (χ2v) is 6.16. The Hall–Kier alpha value is -1.46. The second-order valence-electron chi connectivity index (χ2n) is 6.16. The van der Waals surface area contributed by atoms with Crippen LogP contribution < -0.4 is 14.8 Å². The molecule has 1 amide bonds. The molecule has 1 aliphatic rings. The van der Waals surface area contributed by atoms with Crippen molar-refractivity contribution in [1.82, 2.24) is 10.2 Å². The van der Waals surface area contributed by atoms with Crippen LogP contribution in [-0.4, -0.2) is 50.7 Å². The number of hydrogen-bond donors (Lipinski definition) is 1. The van der Waals surface area contributed by atoms with Gasteiger partial charge < -0.3 is 19.7 Å². The molecule has 5 nitrogen and oxygen atoms in total. The Morgan fingerprint density at radius 2 is 1.80 bits per heavy atom. The van der Waals surface area contributed by atoms with E-state index in [-0.39, 0.29) is 18.3 Å². The lowest BCUT2D eigenvalue weighted by atomic mass is 9.93. The minimum absolute atomic E-state index is 0. The van der Waals surface area contributed by atoms with Gasteiger partial charge in [0.25, 0.3) is 5.91 Å². The fraction of sp³-hybridized carbons (Fsp3) is 0.632. The third-order valence-corrected chi connectivity index (χ3v) is 4.49. The number of nitrogens with zero attached hydrogens (tertiary/aromatic N) is 1. The van der Waals surface area contributed by atoms with E-state index in [1.807, 2.05) is 44.0 Å². The Kier molecular flexibility index (Phi) is 9.68. The Labute approximate surface area is 157 Å². The first kappa shape index (κ1) is 21.6. The van der Waals surface area contributed by atoms with Crippen LogP contribution in [0.25, 0.3) is 0 Å². The molecule has 0 atom stereocenters. The number of halogens is 1. The molecule has 1 fully saturated rings. The van der Waals surface area contributed by atoms with Crippen molar-refractivity contribution >= 4 is 18.3 Å². The van der Waals surface area contributed by atoms with Crippen LogP contribution in [0.3, 0.4) is 0 Å². The molecule has 1 aromatic carbocycles. The number of likely N-dealkylation sites (tertiary alicyclic amines) is 1. The SMILES string of the molecule is CCOc1ccc(C(=O)N2CCC(CCNC)CC2)cc1OCC.Cl. The van der Waals surface area contributed by atoms with E-state index in [4.69, 9.17) is 9.47 Å². The normalized spacial score (nSPS) is 14.8. The number of carbonyl (C=O) groups excluding carboxylic acids is 1. The van der Waals surface area contributed by atoms with Crippen LogP contribution in [-0.2, 0) is 0 Å². The molecule has 6 heteroatoms. The fourth-order valence-corrected chi connectivity index (χ4v) is 3.14. The quantitative estimate of drug-likeness (QED) is 0.762. The molecule has 0 radical (unpaired) electrons. The van der Waals surface area contributed by atoms with Crippen molar-refractivity contribution in [3.8, 4) is 11.5 Å². The summed E-state index contributed by atoms with van der Waals surface area (Å²) in [4.78, 5) is 14.7. The highest BCUT2D eigenvalue weighted by Crippen LogP contribution is 2.30. The minimum Gasteiger partial charge on any atom is -0.490 e. The van der Waals surface area contributed by atoms with E-state index in [9.17, 15) is 4.79 Å². The van der Waals surface area contributed by atoms with Crippen LogP contribution in [0.2, 0.25) is 0 Å². The lowest BCUT2D eigenvalue weighted by Crippen LogP contribution is -2.39. The molecule has 1 heterocycles. The first-order valence-corrected chi connectivity index (χ1v) is 9.03. The number of hydrogen-bond acceptors (Lipinski definition) is 4. The lowest BCUT2D eigenvalue weighted by Gasteiger charge is -2.32.